The molecular weight excluding hydrogens is 504 g/mol. The first-order valence-electron chi connectivity index (χ1n) is 13.3. The van der Waals surface area contributed by atoms with Gasteiger partial charge >= 0.3 is 0 Å². The molecule has 0 unspecified atom stereocenters. The van der Waals surface area contributed by atoms with Crippen LogP contribution in [-0.4, -0.2) is 32.3 Å². The van der Waals surface area contributed by atoms with Gasteiger partial charge in [-0.3, -0.25) is 14.3 Å². The number of aromatic amines is 1. The van der Waals surface area contributed by atoms with Gasteiger partial charge in [0.15, 0.2) is 5.52 Å². The van der Waals surface area contributed by atoms with Gasteiger partial charge in [0, 0.05) is 12.6 Å². The van der Waals surface area contributed by atoms with Crippen LogP contribution in [0.3, 0.4) is 0 Å². The number of carbonyl (C=O) groups excluding carboxylic acids is 1. The molecule has 0 fully saturated rings. The smallest absolute Gasteiger partial charge is 0.277 e. The molecule has 1 amide bonds. The zero-order chi connectivity index (χ0) is 28.2. The van der Waals surface area contributed by atoms with E-state index in [1.807, 2.05) is 49.4 Å². The van der Waals surface area contributed by atoms with Crippen molar-refractivity contribution >= 4 is 28.3 Å². The van der Waals surface area contributed by atoms with E-state index in [-0.39, 0.29) is 11.5 Å². The summed E-state index contributed by atoms with van der Waals surface area (Å²) in [6, 6.07) is 20.5. The van der Waals surface area contributed by atoms with Crippen LogP contribution in [0.4, 0.5) is 11.4 Å². The molecule has 9 heteroatoms. The van der Waals surface area contributed by atoms with Crippen LogP contribution in [0.1, 0.15) is 47.4 Å². The first-order valence-corrected chi connectivity index (χ1v) is 13.3. The van der Waals surface area contributed by atoms with E-state index < -0.39 is 0 Å². The number of carbonyl (C=O) groups is 1. The Morgan fingerprint density at radius 3 is 2.52 bits per heavy atom. The Hall–Kier alpha value is -4.92. The van der Waals surface area contributed by atoms with Crippen molar-refractivity contribution in [3.63, 3.8) is 0 Å². The molecule has 0 atom stereocenters. The van der Waals surface area contributed by atoms with Crippen molar-refractivity contribution in [3.05, 3.63) is 99.5 Å². The first kappa shape index (κ1) is 26.7. The third-order valence-electron chi connectivity index (χ3n) is 6.68. The number of anilines is 2. The average molecular weight is 537 g/mol. The number of H-pyrrole nitrogens is 1. The summed E-state index contributed by atoms with van der Waals surface area (Å²) in [6.45, 7) is 4.47. The lowest BCUT2D eigenvalue weighted by atomic mass is 10.0. The number of nitrogens with zero attached hydrogens (tertiary/aromatic N) is 3. The van der Waals surface area contributed by atoms with E-state index in [1.165, 1.54) is 0 Å². The van der Waals surface area contributed by atoms with E-state index in [2.05, 4.69) is 22.3 Å². The molecule has 0 bridgehead atoms. The molecule has 0 aliphatic carbocycles. The SMILES string of the molecule is CCCc1nn(C)c2c(=O)[nH]c(-c3cc(Cc4ccc(C(=O)Nc5ccccc5N)cc4)ccc3OCC)nc12. The molecule has 0 spiro atoms. The molecule has 204 valence electrons. The van der Waals surface area contributed by atoms with Gasteiger partial charge in [0.1, 0.15) is 17.1 Å². The number of fused-ring (bicyclic) bond motifs is 1. The summed E-state index contributed by atoms with van der Waals surface area (Å²) >= 11 is 0. The van der Waals surface area contributed by atoms with Crippen molar-refractivity contribution in [2.75, 3.05) is 17.7 Å². The highest BCUT2D eigenvalue weighted by molar-refractivity contribution is 6.05. The Labute approximate surface area is 232 Å². The molecule has 40 heavy (non-hydrogen) atoms. The molecule has 0 saturated carbocycles. The molecule has 3 aromatic carbocycles. The minimum absolute atomic E-state index is 0.226. The Morgan fingerprint density at radius 2 is 1.80 bits per heavy atom. The minimum Gasteiger partial charge on any atom is -0.493 e. The normalized spacial score (nSPS) is 11.1. The summed E-state index contributed by atoms with van der Waals surface area (Å²) in [7, 11) is 1.76. The van der Waals surface area contributed by atoms with E-state index in [1.54, 1.807) is 36.0 Å². The molecule has 0 saturated heterocycles. The van der Waals surface area contributed by atoms with Gasteiger partial charge in [-0.1, -0.05) is 43.7 Å². The van der Waals surface area contributed by atoms with Crippen molar-refractivity contribution in [1.82, 2.24) is 19.7 Å². The van der Waals surface area contributed by atoms with E-state index in [0.717, 1.165) is 29.7 Å². The van der Waals surface area contributed by atoms with Crippen LogP contribution >= 0.6 is 0 Å². The van der Waals surface area contributed by atoms with Crippen LogP contribution in [0, 0.1) is 0 Å². The Bertz CT molecular complexity index is 1740. The van der Waals surface area contributed by atoms with E-state index in [9.17, 15) is 9.59 Å². The number of aryl methyl sites for hydroxylation is 2. The molecule has 0 aliphatic heterocycles. The Morgan fingerprint density at radius 1 is 1.05 bits per heavy atom. The number of nitrogen functional groups attached to an aromatic ring is 1. The lowest BCUT2D eigenvalue weighted by molar-refractivity contribution is 0.102. The summed E-state index contributed by atoms with van der Waals surface area (Å²) in [5.41, 5.74) is 12.0. The maximum absolute atomic E-state index is 13.0. The largest absolute Gasteiger partial charge is 0.493 e. The Kier molecular flexibility index (Phi) is 7.63. The topological polar surface area (TPSA) is 128 Å². The van der Waals surface area contributed by atoms with Crippen LogP contribution in [0.2, 0.25) is 0 Å². The fraction of sp³-hybridized carbons (Fsp3) is 0.226. The minimum atomic E-state index is -0.240. The molecule has 4 N–H and O–H groups in total. The summed E-state index contributed by atoms with van der Waals surface area (Å²) in [6.07, 6.45) is 2.25. The lowest BCUT2D eigenvalue weighted by Crippen LogP contribution is -2.13. The molecule has 5 rings (SSSR count). The second-order valence-electron chi connectivity index (χ2n) is 9.61. The van der Waals surface area contributed by atoms with Crippen LogP contribution in [0.25, 0.3) is 22.4 Å². The van der Waals surface area contributed by atoms with Crippen LogP contribution in [0.5, 0.6) is 5.75 Å². The van der Waals surface area contributed by atoms with E-state index in [4.69, 9.17) is 15.5 Å². The highest BCUT2D eigenvalue weighted by Crippen LogP contribution is 2.30. The zero-order valence-corrected chi connectivity index (χ0v) is 22.8. The summed E-state index contributed by atoms with van der Waals surface area (Å²) in [5.74, 6) is 0.860. The summed E-state index contributed by atoms with van der Waals surface area (Å²) in [5, 5.41) is 7.37. The van der Waals surface area contributed by atoms with Crippen LogP contribution in [0.15, 0.2) is 71.5 Å². The van der Waals surface area contributed by atoms with Gasteiger partial charge in [-0.2, -0.15) is 5.10 Å². The van der Waals surface area contributed by atoms with Gasteiger partial charge in [0.2, 0.25) is 0 Å². The van der Waals surface area contributed by atoms with Gasteiger partial charge in [0.25, 0.3) is 11.5 Å². The molecule has 5 aromatic rings. The maximum Gasteiger partial charge on any atom is 0.277 e. The zero-order valence-electron chi connectivity index (χ0n) is 22.8. The van der Waals surface area contributed by atoms with Gasteiger partial charge in [-0.25, -0.2) is 4.98 Å². The van der Waals surface area contributed by atoms with Gasteiger partial charge in [-0.15, -0.1) is 0 Å². The number of ether oxygens (including phenoxy) is 1. The van der Waals surface area contributed by atoms with Crippen molar-refractivity contribution in [2.45, 2.75) is 33.1 Å². The van der Waals surface area contributed by atoms with Crippen molar-refractivity contribution in [2.24, 2.45) is 7.05 Å². The summed E-state index contributed by atoms with van der Waals surface area (Å²) in [4.78, 5) is 33.5. The van der Waals surface area contributed by atoms with E-state index >= 15 is 0 Å². The third-order valence-corrected chi connectivity index (χ3v) is 6.68. The van der Waals surface area contributed by atoms with Gasteiger partial charge in [-0.05, 0) is 67.3 Å². The van der Waals surface area contributed by atoms with Crippen LogP contribution < -0.4 is 21.3 Å². The monoisotopic (exact) mass is 536 g/mol. The van der Waals surface area contributed by atoms with Gasteiger partial charge < -0.3 is 20.8 Å². The number of hydrogen-bond acceptors (Lipinski definition) is 6. The highest BCUT2D eigenvalue weighted by atomic mass is 16.5. The fourth-order valence-corrected chi connectivity index (χ4v) is 4.75. The predicted octanol–water partition coefficient (Wildman–Crippen LogP) is 5.10. The maximum atomic E-state index is 13.0. The number of para-hydroxylation sites is 2. The number of aromatic nitrogens is 4. The third kappa shape index (κ3) is 5.44. The average Bonchev–Trinajstić information content (AvgIpc) is 3.26. The summed E-state index contributed by atoms with van der Waals surface area (Å²) < 4.78 is 7.49. The fourth-order valence-electron chi connectivity index (χ4n) is 4.75. The van der Waals surface area contributed by atoms with Crippen molar-refractivity contribution < 1.29 is 9.53 Å². The molecule has 2 aromatic heterocycles. The number of rotatable bonds is 9. The van der Waals surface area contributed by atoms with Crippen LogP contribution in [-0.2, 0) is 19.9 Å². The van der Waals surface area contributed by atoms with Crippen molar-refractivity contribution in [3.8, 4) is 17.1 Å². The highest BCUT2D eigenvalue weighted by Gasteiger charge is 2.18. The first-order chi connectivity index (χ1) is 19.4. The predicted molar refractivity (Wildman–Crippen MR) is 158 cm³/mol. The van der Waals surface area contributed by atoms with Crippen molar-refractivity contribution in [1.29, 1.82) is 0 Å². The lowest BCUT2D eigenvalue weighted by Gasteiger charge is -2.13. The number of benzene rings is 3. The second kappa shape index (κ2) is 11.4. The number of amides is 1. The number of hydrogen-bond donors (Lipinski definition) is 3. The standard InChI is InChI=1S/C31H32N6O3/c1-4-8-25-27-28(37(3)36-25)31(39)35-29(34-27)22-18-20(13-16-26(22)40-5-2)17-19-11-14-21(15-12-19)30(38)33-24-10-7-6-9-23(24)32/h6-7,9-16,18H,4-5,8,17,32H2,1-3H3,(H,33,38)(H,34,35,39). The number of nitrogens with two attached hydrogens (primary N) is 1. The van der Waals surface area contributed by atoms with E-state index in [0.29, 0.717) is 58.1 Å². The molecule has 0 aliphatic rings. The Balaban J connectivity index is 1.43. The molecule has 2 heterocycles. The molecule has 0 radical (unpaired) electrons. The molecule has 9 nitrogen and oxygen atoms in total. The quantitative estimate of drug-likeness (QED) is 0.225. The molecular formula is C31H32N6O3. The second-order valence-corrected chi connectivity index (χ2v) is 9.61. The van der Waals surface area contributed by atoms with Gasteiger partial charge in [0.05, 0.1) is 29.2 Å². The number of nitrogens with one attached hydrogen (secondary N) is 2.